The van der Waals surface area contributed by atoms with Gasteiger partial charge in [0, 0.05) is 13.0 Å². The quantitative estimate of drug-likeness (QED) is 0.630. The zero-order valence-electron chi connectivity index (χ0n) is 10.9. The van der Waals surface area contributed by atoms with Crippen molar-refractivity contribution in [3.05, 3.63) is 45.7 Å². The molecule has 0 aliphatic carbocycles. The Bertz CT molecular complexity index is 698. The predicted octanol–water partition coefficient (Wildman–Crippen LogP) is 0.876. The van der Waals surface area contributed by atoms with Crippen molar-refractivity contribution in [1.29, 1.82) is 0 Å². The minimum absolute atomic E-state index is 0.0193. The Morgan fingerprint density at radius 1 is 1.38 bits per heavy atom. The largest absolute Gasteiger partial charge is 0.453 e. The number of nitrogens with two attached hydrogens (primary N) is 1. The smallest absolute Gasteiger partial charge is 0.333 e. The van der Waals surface area contributed by atoms with Gasteiger partial charge in [0.1, 0.15) is 6.61 Å². The fourth-order valence-corrected chi connectivity index (χ4v) is 2.05. The van der Waals surface area contributed by atoms with Crippen molar-refractivity contribution in [1.82, 2.24) is 0 Å². The third kappa shape index (κ3) is 3.68. The lowest BCUT2D eigenvalue weighted by atomic mass is 10.1. The fraction of sp³-hybridized carbons (Fsp3) is 0.273. The van der Waals surface area contributed by atoms with E-state index in [2.05, 4.69) is 4.18 Å². The molecule has 0 bridgehead atoms. The second kappa shape index (κ2) is 5.68. The zero-order valence-corrected chi connectivity index (χ0v) is 11.7. The van der Waals surface area contributed by atoms with Gasteiger partial charge < -0.3 is 9.47 Å². The molecule has 0 radical (unpaired) electrons. The SMILES string of the molecule is CC1OC(COS(N)(=O)=O)=C(c2ccccc2[N+](=O)[O-])O1. The molecule has 0 saturated heterocycles. The summed E-state index contributed by atoms with van der Waals surface area (Å²) in [6.07, 6.45) is -0.723. The standard InChI is InChI=1S/C11H12N2O7S/c1-7-19-10(6-18-21(12,16)17)11(20-7)8-4-2-3-5-9(8)13(14)15/h2-5,7H,6H2,1H3,(H2,12,16,17). The van der Waals surface area contributed by atoms with Crippen LogP contribution in [0.5, 0.6) is 0 Å². The maximum atomic E-state index is 11.0. The molecule has 0 spiro atoms. The van der Waals surface area contributed by atoms with Gasteiger partial charge in [-0.1, -0.05) is 12.1 Å². The Kier molecular flexibility index (Phi) is 4.11. The van der Waals surface area contributed by atoms with Gasteiger partial charge in [-0.25, -0.2) is 9.32 Å². The molecule has 21 heavy (non-hydrogen) atoms. The summed E-state index contributed by atoms with van der Waals surface area (Å²) < 4.78 is 36.7. The summed E-state index contributed by atoms with van der Waals surface area (Å²) in [7, 11) is -4.16. The van der Waals surface area contributed by atoms with E-state index in [4.69, 9.17) is 14.6 Å². The summed E-state index contributed by atoms with van der Waals surface area (Å²) >= 11 is 0. The second-order valence-electron chi connectivity index (χ2n) is 4.08. The highest BCUT2D eigenvalue weighted by molar-refractivity contribution is 7.84. The molecule has 9 nitrogen and oxygen atoms in total. The van der Waals surface area contributed by atoms with Crippen molar-refractivity contribution in [3.63, 3.8) is 0 Å². The van der Waals surface area contributed by atoms with Crippen LogP contribution in [0.25, 0.3) is 5.76 Å². The molecule has 2 rings (SSSR count). The van der Waals surface area contributed by atoms with Crippen molar-refractivity contribution in [3.8, 4) is 0 Å². The predicted molar refractivity (Wildman–Crippen MR) is 70.7 cm³/mol. The maximum Gasteiger partial charge on any atom is 0.333 e. The molecule has 1 aliphatic heterocycles. The molecular weight excluding hydrogens is 304 g/mol. The van der Waals surface area contributed by atoms with Gasteiger partial charge in [0.2, 0.25) is 6.29 Å². The van der Waals surface area contributed by atoms with Gasteiger partial charge >= 0.3 is 10.3 Å². The van der Waals surface area contributed by atoms with Crippen LogP contribution in [0.15, 0.2) is 30.0 Å². The van der Waals surface area contributed by atoms with Crippen molar-refractivity contribution < 1.29 is 27.0 Å². The molecule has 1 heterocycles. The Labute approximate surface area is 120 Å². The second-order valence-corrected chi connectivity index (χ2v) is 5.31. The summed E-state index contributed by atoms with van der Waals surface area (Å²) in [6.45, 7) is 1.04. The Morgan fingerprint density at radius 2 is 2.05 bits per heavy atom. The topological polar surface area (TPSA) is 131 Å². The van der Waals surface area contributed by atoms with Crippen LogP contribution in [0.3, 0.4) is 0 Å². The highest BCUT2D eigenvalue weighted by atomic mass is 32.2. The Balaban J connectivity index is 2.40. The van der Waals surface area contributed by atoms with E-state index in [0.717, 1.165) is 0 Å². The average Bonchev–Trinajstić information content (AvgIpc) is 2.76. The fourth-order valence-electron chi connectivity index (χ4n) is 1.78. The molecule has 114 valence electrons. The van der Waals surface area contributed by atoms with Gasteiger partial charge in [-0.3, -0.25) is 10.1 Å². The van der Waals surface area contributed by atoms with Gasteiger partial charge in [0.15, 0.2) is 11.5 Å². The summed E-state index contributed by atoms with van der Waals surface area (Å²) in [5.74, 6) is 0.0734. The van der Waals surface area contributed by atoms with Gasteiger partial charge in [0.05, 0.1) is 10.5 Å². The molecule has 0 saturated carbocycles. The molecule has 1 aromatic carbocycles. The van der Waals surface area contributed by atoms with Crippen LogP contribution < -0.4 is 5.14 Å². The van der Waals surface area contributed by atoms with Crippen LogP contribution in [0.2, 0.25) is 0 Å². The van der Waals surface area contributed by atoms with Crippen molar-refractivity contribution in [2.45, 2.75) is 13.2 Å². The highest BCUT2D eigenvalue weighted by Crippen LogP contribution is 2.35. The number of hydrogen-bond donors (Lipinski definition) is 1. The number of para-hydroxylation sites is 1. The maximum absolute atomic E-state index is 11.0. The van der Waals surface area contributed by atoms with E-state index in [9.17, 15) is 18.5 Å². The van der Waals surface area contributed by atoms with E-state index in [1.807, 2.05) is 0 Å². The third-order valence-electron chi connectivity index (χ3n) is 2.54. The summed E-state index contributed by atoms with van der Waals surface area (Å²) in [5.41, 5.74) is -0.0295. The van der Waals surface area contributed by atoms with E-state index < -0.39 is 28.1 Å². The molecule has 0 amide bonds. The van der Waals surface area contributed by atoms with E-state index in [1.54, 1.807) is 13.0 Å². The minimum Gasteiger partial charge on any atom is -0.453 e. The number of benzene rings is 1. The molecule has 1 aliphatic rings. The number of rotatable bonds is 5. The number of nitro benzene ring substituents is 1. The Hall–Kier alpha value is -2.17. The van der Waals surface area contributed by atoms with Crippen LogP contribution in [0, 0.1) is 10.1 Å². The molecular formula is C11H12N2O7S. The highest BCUT2D eigenvalue weighted by Gasteiger charge is 2.30. The number of nitrogens with zero attached hydrogens (tertiary/aromatic N) is 1. The summed E-state index contributed by atoms with van der Waals surface area (Å²) in [5, 5.41) is 15.8. The normalized spacial score (nSPS) is 18.3. The van der Waals surface area contributed by atoms with Crippen molar-refractivity contribution in [2.75, 3.05) is 6.61 Å². The molecule has 10 heteroatoms. The van der Waals surface area contributed by atoms with Crippen molar-refractivity contribution >= 4 is 21.8 Å². The van der Waals surface area contributed by atoms with E-state index in [-0.39, 0.29) is 22.8 Å². The van der Waals surface area contributed by atoms with Crippen LogP contribution in [0.1, 0.15) is 12.5 Å². The molecule has 1 aromatic rings. The molecule has 1 unspecified atom stereocenters. The monoisotopic (exact) mass is 316 g/mol. The molecule has 0 fully saturated rings. The van der Waals surface area contributed by atoms with Gasteiger partial charge in [-0.05, 0) is 6.07 Å². The summed E-state index contributed by atoms with van der Waals surface area (Å²) in [4.78, 5) is 10.4. The first-order valence-corrected chi connectivity index (χ1v) is 7.22. The van der Waals surface area contributed by atoms with Crippen LogP contribution in [0.4, 0.5) is 5.69 Å². The van der Waals surface area contributed by atoms with Crippen LogP contribution in [-0.2, 0) is 24.0 Å². The van der Waals surface area contributed by atoms with E-state index in [0.29, 0.717) is 0 Å². The van der Waals surface area contributed by atoms with Gasteiger partial charge in [0.25, 0.3) is 5.69 Å². The number of nitro groups is 1. The first kappa shape index (κ1) is 15.2. The lowest BCUT2D eigenvalue weighted by Gasteiger charge is -2.05. The average molecular weight is 316 g/mol. The molecule has 0 aromatic heterocycles. The first-order chi connectivity index (χ1) is 9.78. The summed E-state index contributed by atoms with van der Waals surface area (Å²) in [6, 6.07) is 5.85. The van der Waals surface area contributed by atoms with Crippen molar-refractivity contribution in [2.24, 2.45) is 5.14 Å². The Morgan fingerprint density at radius 3 is 2.67 bits per heavy atom. The number of hydrogen-bond acceptors (Lipinski definition) is 7. The lowest BCUT2D eigenvalue weighted by molar-refractivity contribution is -0.385. The van der Waals surface area contributed by atoms with Crippen LogP contribution >= 0.6 is 0 Å². The third-order valence-corrected chi connectivity index (χ3v) is 2.99. The number of ether oxygens (including phenoxy) is 2. The van der Waals surface area contributed by atoms with E-state index >= 15 is 0 Å². The molecule has 2 N–H and O–H groups in total. The first-order valence-electron chi connectivity index (χ1n) is 5.75. The lowest BCUT2D eigenvalue weighted by Crippen LogP contribution is -2.18. The minimum atomic E-state index is -4.16. The van der Waals surface area contributed by atoms with Gasteiger partial charge in [-0.15, -0.1) is 0 Å². The van der Waals surface area contributed by atoms with Gasteiger partial charge in [-0.2, -0.15) is 8.42 Å². The zero-order chi connectivity index (χ0) is 15.6. The van der Waals surface area contributed by atoms with Crippen LogP contribution in [-0.4, -0.2) is 26.2 Å². The van der Waals surface area contributed by atoms with E-state index in [1.165, 1.54) is 18.2 Å². The molecule has 1 atom stereocenters.